The third kappa shape index (κ3) is 3.25. The molecule has 1 aromatic heterocycles. The summed E-state index contributed by atoms with van der Waals surface area (Å²) >= 11 is 9.14. The molecule has 2 N–H and O–H groups in total. The minimum absolute atomic E-state index is 0.449. The van der Waals surface area contributed by atoms with E-state index in [2.05, 4.69) is 27.8 Å². The Kier molecular flexibility index (Phi) is 4.16. The highest BCUT2D eigenvalue weighted by Gasteiger charge is 2.04. The minimum Gasteiger partial charge on any atom is -0.330 e. The fraction of sp³-hybridized carbons (Fsp3) is 0.444. The number of halogens is 2. The summed E-state index contributed by atoms with van der Waals surface area (Å²) in [6.45, 7) is 2.77. The maximum Gasteiger partial charge on any atom is 0.143 e. The number of pyridine rings is 1. The minimum atomic E-state index is 0.449. The van der Waals surface area contributed by atoms with Crippen LogP contribution in [0.25, 0.3) is 0 Å². The highest BCUT2D eigenvalue weighted by molar-refractivity contribution is 9.10. The van der Waals surface area contributed by atoms with Crippen LogP contribution in [0, 0.1) is 5.92 Å². The van der Waals surface area contributed by atoms with Crippen molar-refractivity contribution in [2.24, 2.45) is 11.7 Å². The van der Waals surface area contributed by atoms with E-state index in [4.69, 9.17) is 17.3 Å². The van der Waals surface area contributed by atoms with E-state index in [1.165, 1.54) is 0 Å². The Bertz CT molecular complexity index is 291. The van der Waals surface area contributed by atoms with Gasteiger partial charge in [-0.05, 0) is 46.9 Å². The first-order chi connectivity index (χ1) is 6.13. The normalized spacial score (nSPS) is 12.9. The van der Waals surface area contributed by atoms with Gasteiger partial charge in [0.05, 0.1) is 4.47 Å². The first-order valence-corrected chi connectivity index (χ1v) is 5.31. The Morgan fingerprint density at radius 1 is 1.62 bits per heavy atom. The smallest absolute Gasteiger partial charge is 0.143 e. The monoisotopic (exact) mass is 262 g/mol. The standard InChI is InChI=1S/C9H12BrClN2/c1-6(5-12)4-7-2-3-8(10)9(11)13-7/h2-3,6H,4-5,12H2,1H3. The fourth-order valence-corrected chi connectivity index (χ4v) is 1.40. The van der Waals surface area contributed by atoms with Crippen molar-refractivity contribution >= 4 is 27.5 Å². The number of nitrogens with zero attached hydrogens (tertiary/aromatic N) is 1. The van der Waals surface area contributed by atoms with Crippen LogP contribution >= 0.6 is 27.5 Å². The Labute approximate surface area is 91.6 Å². The summed E-state index contributed by atoms with van der Waals surface area (Å²) in [6.07, 6.45) is 0.878. The third-order valence-corrected chi connectivity index (χ3v) is 2.98. The zero-order valence-electron chi connectivity index (χ0n) is 7.43. The van der Waals surface area contributed by atoms with Gasteiger partial charge < -0.3 is 5.73 Å². The average Bonchev–Trinajstić information content (AvgIpc) is 2.11. The zero-order valence-corrected chi connectivity index (χ0v) is 9.77. The van der Waals surface area contributed by atoms with E-state index >= 15 is 0 Å². The van der Waals surface area contributed by atoms with Gasteiger partial charge in [-0.2, -0.15) is 0 Å². The van der Waals surface area contributed by atoms with Crippen molar-refractivity contribution in [1.29, 1.82) is 0 Å². The number of hydrogen-bond acceptors (Lipinski definition) is 2. The van der Waals surface area contributed by atoms with Crippen LogP contribution in [-0.4, -0.2) is 11.5 Å². The number of hydrogen-bond donors (Lipinski definition) is 1. The Morgan fingerprint density at radius 2 is 2.31 bits per heavy atom. The second-order valence-corrected chi connectivity index (χ2v) is 4.33. The predicted molar refractivity (Wildman–Crippen MR) is 58.9 cm³/mol. The summed E-state index contributed by atoms with van der Waals surface area (Å²) in [5, 5.41) is 0.515. The molecule has 0 spiro atoms. The van der Waals surface area contributed by atoms with Gasteiger partial charge in [-0.1, -0.05) is 18.5 Å². The molecule has 0 amide bonds. The average molecular weight is 264 g/mol. The van der Waals surface area contributed by atoms with E-state index < -0.39 is 0 Å². The molecule has 0 fully saturated rings. The number of nitrogens with two attached hydrogens (primary N) is 1. The number of rotatable bonds is 3. The SMILES string of the molecule is CC(CN)Cc1ccc(Br)c(Cl)n1. The molecule has 0 aliphatic carbocycles. The first kappa shape index (κ1) is 11.0. The van der Waals surface area contributed by atoms with Crippen LogP contribution in [0.2, 0.25) is 5.15 Å². The Balaban J connectivity index is 2.73. The van der Waals surface area contributed by atoms with Gasteiger partial charge in [-0.3, -0.25) is 0 Å². The molecular weight excluding hydrogens is 251 g/mol. The van der Waals surface area contributed by atoms with Gasteiger partial charge in [0.15, 0.2) is 0 Å². The van der Waals surface area contributed by atoms with Gasteiger partial charge in [0.25, 0.3) is 0 Å². The van der Waals surface area contributed by atoms with Crippen LogP contribution in [0.4, 0.5) is 0 Å². The van der Waals surface area contributed by atoms with Gasteiger partial charge in [-0.25, -0.2) is 4.98 Å². The van der Waals surface area contributed by atoms with E-state index in [0.717, 1.165) is 16.6 Å². The van der Waals surface area contributed by atoms with Crippen molar-refractivity contribution in [3.63, 3.8) is 0 Å². The van der Waals surface area contributed by atoms with Crippen molar-refractivity contribution in [2.75, 3.05) is 6.54 Å². The second-order valence-electron chi connectivity index (χ2n) is 3.12. The molecule has 1 aromatic rings. The van der Waals surface area contributed by atoms with Gasteiger partial charge in [-0.15, -0.1) is 0 Å². The number of aromatic nitrogens is 1. The first-order valence-electron chi connectivity index (χ1n) is 4.14. The van der Waals surface area contributed by atoms with E-state index in [1.54, 1.807) is 0 Å². The maximum atomic E-state index is 5.85. The van der Waals surface area contributed by atoms with Gasteiger partial charge in [0, 0.05) is 5.69 Å². The molecule has 4 heteroatoms. The summed E-state index contributed by atoms with van der Waals surface area (Å²) in [7, 11) is 0. The van der Waals surface area contributed by atoms with E-state index in [9.17, 15) is 0 Å². The van der Waals surface area contributed by atoms with Crippen LogP contribution in [0.15, 0.2) is 16.6 Å². The topological polar surface area (TPSA) is 38.9 Å². The van der Waals surface area contributed by atoms with E-state index in [1.807, 2.05) is 12.1 Å². The molecule has 72 valence electrons. The summed E-state index contributed by atoms with van der Waals surface area (Å²) in [6, 6.07) is 3.87. The van der Waals surface area contributed by atoms with E-state index in [-0.39, 0.29) is 0 Å². The lowest BCUT2D eigenvalue weighted by Crippen LogP contribution is -2.13. The molecule has 0 radical (unpaired) electrons. The van der Waals surface area contributed by atoms with Crippen LogP contribution in [0.1, 0.15) is 12.6 Å². The summed E-state index contributed by atoms with van der Waals surface area (Å²) in [5.74, 6) is 0.449. The molecule has 0 aliphatic heterocycles. The molecule has 1 heterocycles. The molecule has 1 unspecified atom stereocenters. The molecule has 0 bridgehead atoms. The Morgan fingerprint density at radius 3 is 2.85 bits per heavy atom. The van der Waals surface area contributed by atoms with Gasteiger partial charge in [0.2, 0.25) is 0 Å². The molecule has 2 nitrogen and oxygen atoms in total. The van der Waals surface area contributed by atoms with Crippen LogP contribution in [0.5, 0.6) is 0 Å². The third-order valence-electron chi connectivity index (χ3n) is 1.82. The largest absolute Gasteiger partial charge is 0.330 e. The second kappa shape index (κ2) is 4.94. The fourth-order valence-electron chi connectivity index (χ4n) is 1.01. The molecule has 0 saturated carbocycles. The van der Waals surface area contributed by atoms with Gasteiger partial charge >= 0.3 is 0 Å². The summed E-state index contributed by atoms with van der Waals surface area (Å²) in [5.41, 5.74) is 6.51. The van der Waals surface area contributed by atoms with Crippen molar-refractivity contribution in [2.45, 2.75) is 13.3 Å². The quantitative estimate of drug-likeness (QED) is 0.852. The highest BCUT2D eigenvalue weighted by atomic mass is 79.9. The zero-order chi connectivity index (χ0) is 9.84. The van der Waals surface area contributed by atoms with Crippen molar-refractivity contribution in [1.82, 2.24) is 4.98 Å². The predicted octanol–water partition coefficient (Wildman–Crippen LogP) is 2.63. The Hall–Kier alpha value is -0.120. The van der Waals surface area contributed by atoms with Crippen LogP contribution < -0.4 is 5.73 Å². The highest BCUT2D eigenvalue weighted by Crippen LogP contribution is 2.20. The summed E-state index contributed by atoms with van der Waals surface area (Å²) < 4.78 is 0.832. The lowest BCUT2D eigenvalue weighted by Gasteiger charge is -2.07. The van der Waals surface area contributed by atoms with Crippen molar-refractivity contribution in [3.8, 4) is 0 Å². The molecule has 13 heavy (non-hydrogen) atoms. The molecule has 1 rings (SSSR count). The van der Waals surface area contributed by atoms with Crippen LogP contribution in [0.3, 0.4) is 0 Å². The lowest BCUT2D eigenvalue weighted by molar-refractivity contribution is 0.584. The lowest BCUT2D eigenvalue weighted by atomic mass is 10.1. The van der Waals surface area contributed by atoms with E-state index in [0.29, 0.717) is 17.6 Å². The molecule has 1 atom stereocenters. The van der Waals surface area contributed by atoms with Crippen molar-refractivity contribution < 1.29 is 0 Å². The molecule has 0 saturated heterocycles. The summed E-state index contributed by atoms with van der Waals surface area (Å²) in [4.78, 5) is 4.22. The van der Waals surface area contributed by atoms with Crippen LogP contribution in [-0.2, 0) is 6.42 Å². The molecule has 0 aromatic carbocycles. The molecule has 0 aliphatic rings. The molecular formula is C9H12BrClN2. The maximum absolute atomic E-state index is 5.85. The van der Waals surface area contributed by atoms with Gasteiger partial charge in [0.1, 0.15) is 5.15 Å². The van der Waals surface area contributed by atoms with Crippen molar-refractivity contribution in [3.05, 3.63) is 27.5 Å².